The second kappa shape index (κ2) is 11.6. The molecule has 1 aliphatic carbocycles. The quantitative estimate of drug-likeness (QED) is 0.305. The minimum atomic E-state index is 0.00787. The maximum Gasteiger partial charge on any atom is 0.223 e. The van der Waals surface area contributed by atoms with E-state index in [9.17, 15) is 4.79 Å². The maximum atomic E-state index is 12.8. The first-order chi connectivity index (χ1) is 17.4. The summed E-state index contributed by atoms with van der Waals surface area (Å²) in [6.07, 6.45) is 10.7. The summed E-state index contributed by atoms with van der Waals surface area (Å²) in [5.41, 5.74) is 2.91. The Morgan fingerprint density at radius 1 is 1.19 bits per heavy atom. The lowest BCUT2D eigenvalue weighted by atomic mass is 9.81. The first-order valence-electron chi connectivity index (χ1n) is 12.2. The Hall–Kier alpha value is -4.08. The lowest BCUT2D eigenvalue weighted by Gasteiger charge is -2.27. The predicted molar refractivity (Wildman–Crippen MR) is 141 cm³/mol. The van der Waals surface area contributed by atoms with Crippen molar-refractivity contribution in [3.8, 4) is 0 Å². The van der Waals surface area contributed by atoms with E-state index >= 15 is 0 Å². The van der Waals surface area contributed by atoms with Crippen LogP contribution in [0.2, 0.25) is 0 Å². The van der Waals surface area contributed by atoms with E-state index < -0.39 is 0 Å². The van der Waals surface area contributed by atoms with E-state index in [2.05, 4.69) is 42.6 Å². The van der Waals surface area contributed by atoms with Crippen LogP contribution < -0.4 is 10.6 Å². The number of aromatic nitrogens is 6. The Balaban J connectivity index is 1.29. The number of hydrogen-bond donors (Lipinski definition) is 3. The van der Waals surface area contributed by atoms with Gasteiger partial charge >= 0.3 is 0 Å². The van der Waals surface area contributed by atoms with Crippen molar-refractivity contribution in [1.82, 2.24) is 35.3 Å². The van der Waals surface area contributed by atoms with Gasteiger partial charge in [0.15, 0.2) is 11.6 Å². The van der Waals surface area contributed by atoms with Gasteiger partial charge in [0.25, 0.3) is 0 Å². The smallest absolute Gasteiger partial charge is 0.223 e. The van der Waals surface area contributed by atoms with Gasteiger partial charge in [0.2, 0.25) is 5.91 Å². The molecule has 3 aromatic heterocycles. The van der Waals surface area contributed by atoms with E-state index in [0.29, 0.717) is 12.4 Å². The fourth-order valence-electron chi connectivity index (χ4n) is 4.32. The molecule has 1 aliphatic rings. The van der Waals surface area contributed by atoms with Crippen LogP contribution >= 0.6 is 0 Å². The first kappa shape index (κ1) is 25.0. The number of hydrogen-bond acceptors (Lipinski definition) is 7. The molecule has 1 fully saturated rings. The van der Waals surface area contributed by atoms with Gasteiger partial charge in [0, 0.05) is 54.3 Å². The number of aryl methyl sites for hydroxylation is 2. The van der Waals surface area contributed by atoms with Gasteiger partial charge in [0.05, 0.1) is 0 Å². The Labute approximate surface area is 211 Å². The third kappa shape index (κ3) is 6.53. The summed E-state index contributed by atoms with van der Waals surface area (Å²) >= 11 is 0. The number of aromatic amines is 1. The first-order valence-corrected chi connectivity index (χ1v) is 12.2. The molecule has 36 heavy (non-hydrogen) atoms. The van der Waals surface area contributed by atoms with Crippen LogP contribution in [0.3, 0.4) is 0 Å². The zero-order valence-corrected chi connectivity index (χ0v) is 21.0. The van der Waals surface area contributed by atoms with Crippen molar-refractivity contribution in [3.05, 3.63) is 65.5 Å². The second-order valence-electron chi connectivity index (χ2n) is 9.23. The van der Waals surface area contributed by atoms with Gasteiger partial charge < -0.3 is 10.6 Å². The fraction of sp³-hybridized carbons (Fsp3) is 0.385. The highest BCUT2D eigenvalue weighted by Crippen LogP contribution is 2.35. The SMILES string of the molecule is C=N/C(=C\C=C(/C)CNC(=O)C1CCC(c2nc(C)cc(Nc3cc(C)[nH]n3)n2)CC1)n1cccn1. The lowest BCUT2D eigenvalue weighted by molar-refractivity contribution is -0.125. The molecule has 0 saturated heterocycles. The van der Waals surface area contributed by atoms with Gasteiger partial charge in [-0.1, -0.05) is 11.6 Å². The summed E-state index contributed by atoms with van der Waals surface area (Å²) in [5.74, 6) is 3.28. The van der Waals surface area contributed by atoms with Crippen LogP contribution in [0.5, 0.6) is 0 Å². The van der Waals surface area contributed by atoms with E-state index in [4.69, 9.17) is 4.98 Å². The van der Waals surface area contributed by atoms with Crippen LogP contribution in [-0.2, 0) is 4.79 Å². The van der Waals surface area contributed by atoms with E-state index in [0.717, 1.165) is 60.1 Å². The van der Waals surface area contributed by atoms with Crippen LogP contribution in [-0.4, -0.2) is 49.1 Å². The number of amides is 1. The van der Waals surface area contributed by atoms with E-state index in [1.807, 2.05) is 51.1 Å². The van der Waals surface area contributed by atoms with Gasteiger partial charge in [-0.15, -0.1) is 0 Å². The van der Waals surface area contributed by atoms with Gasteiger partial charge in [-0.05, 0) is 65.3 Å². The molecular formula is C26H33N9O. The van der Waals surface area contributed by atoms with Crippen molar-refractivity contribution < 1.29 is 4.79 Å². The van der Waals surface area contributed by atoms with E-state index in [1.165, 1.54) is 0 Å². The molecule has 0 atom stereocenters. The predicted octanol–water partition coefficient (Wildman–Crippen LogP) is 4.29. The average molecular weight is 488 g/mol. The molecule has 1 amide bonds. The summed E-state index contributed by atoms with van der Waals surface area (Å²) in [4.78, 5) is 26.2. The molecule has 3 N–H and O–H groups in total. The van der Waals surface area contributed by atoms with Crippen molar-refractivity contribution in [3.63, 3.8) is 0 Å². The highest BCUT2D eigenvalue weighted by atomic mass is 16.1. The standard InChI is InChI=1S/C26H33N9O/c1-17(6-11-24(27-4)35-13-5-12-29-35)16-28-26(36)21-9-7-20(8-10-21)25-30-18(2)14-22(32-25)31-23-15-19(3)33-34-23/h5-6,11-15,20-21H,4,7-10,16H2,1-3H3,(H,28,36)(H2,30,31,32,33,34)/b17-6+,24-11+. The molecule has 4 rings (SSSR count). The fourth-order valence-corrected chi connectivity index (χ4v) is 4.32. The zero-order valence-electron chi connectivity index (χ0n) is 21.0. The third-order valence-electron chi connectivity index (χ3n) is 6.26. The van der Waals surface area contributed by atoms with E-state index in [-0.39, 0.29) is 17.7 Å². The number of carbonyl (C=O) groups is 1. The second-order valence-corrected chi connectivity index (χ2v) is 9.23. The Morgan fingerprint density at radius 2 is 2.00 bits per heavy atom. The molecule has 0 spiro atoms. The molecule has 1 saturated carbocycles. The largest absolute Gasteiger partial charge is 0.352 e. The summed E-state index contributed by atoms with van der Waals surface area (Å²) in [5, 5.41) is 17.6. The number of nitrogens with one attached hydrogen (secondary N) is 3. The molecule has 3 aromatic rings. The highest BCUT2D eigenvalue weighted by Gasteiger charge is 2.28. The van der Waals surface area contributed by atoms with Gasteiger partial charge in [-0.25, -0.2) is 19.6 Å². The van der Waals surface area contributed by atoms with Crippen LogP contribution in [0.1, 0.15) is 55.7 Å². The van der Waals surface area contributed by atoms with Crippen molar-refractivity contribution in [2.45, 2.75) is 52.4 Å². The number of anilines is 2. The van der Waals surface area contributed by atoms with Gasteiger partial charge in [-0.2, -0.15) is 10.2 Å². The minimum absolute atomic E-state index is 0.00787. The monoisotopic (exact) mass is 487 g/mol. The minimum Gasteiger partial charge on any atom is -0.352 e. The van der Waals surface area contributed by atoms with Crippen molar-refractivity contribution in [2.75, 3.05) is 11.9 Å². The number of rotatable bonds is 9. The third-order valence-corrected chi connectivity index (χ3v) is 6.26. The Kier molecular flexibility index (Phi) is 8.04. The number of nitrogens with zero attached hydrogens (tertiary/aromatic N) is 6. The normalized spacial score (nSPS) is 18.6. The number of H-pyrrole nitrogens is 1. The molecule has 0 bridgehead atoms. The summed E-state index contributed by atoms with van der Waals surface area (Å²) in [6, 6.07) is 5.68. The Bertz CT molecular complexity index is 1250. The topological polar surface area (TPSA) is 126 Å². The molecule has 0 aromatic carbocycles. The molecule has 3 heterocycles. The maximum absolute atomic E-state index is 12.8. The van der Waals surface area contributed by atoms with Crippen molar-refractivity contribution >= 4 is 30.1 Å². The molecule has 10 nitrogen and oxygen atoms in total. The molecule has 10 heteroatoms. The summed E-state index contributed by atoms with van der Waals surface area (Å²) < 4.78 is 1.64. The number of aliphatic imine (C=N–C) groups is 1. The summed E-state index contributed by atoms with van der Waals surface area (Å²) in [7, 11) is 0. The number of allylic oxidation sites excluding steroid dienone is 2. The van der Waals surface area contributed by atoms with Crippen LogP contribution in [0.25, 0.3) is 5.82 Å². The van der Waals surface area contributed by atoms with Crippen LogP contribution in [0.4, 0.5) is 11.6 Å². The highest BCUT2D eigenvalue weighted by molar-refractivity contribution is 5.79. The van der Waals surface area contributed by atoms with Crippen LogP contribution in [0, 0.1) is 19.8 Å². The Morgan fingerprint density at radius 3 is 2.67 bits per heavy atom. The molecular weight excluding hydrogens is 454 g/mol. The molecule has 0 unspecified atom stereocenters. The van der Waals surface area contributed by atoms with Gasteiger partial charge in [0.1, 0.15) is 11.6 Å². The average Bonchev–Trinajstić information content (AvgIpc) is 3.55. The van der Waals surface area contributed by atoms with Crippen molar-refractivity contribution in [1.29, 1.82) is 0 Å². The summed E-state index contributed by atoms with van der Waals surface area (Å²) in [6.45, 7) is 9.98. The molecule has 188 valence electrons. The molecule has 0 aliphatic heterocycles. The van der Waals surface area contributed by atoms with Crippen LogP contribution in [0.15, 0.2) is 53.3 Å². The number of carbonyl (C=O) groups excluding carboxylic acids is 1. The molecule has 0 radical (unpaired) electrons. The van der Waals surface area contributed by atoms with Crippen molar-refractivity contribution in [2.24, 2.45) is 10.9 Å². The zero-order chi connectivity index (χ0) is 25.5. The van der Waals surface area contributed by atoms with Gasteiger partial charge in [-0.3, -0.25) is 9.89 Å². The lowest BCUT2D eigenvalue weighted by Crippen LogP contribution is -2.34. The van der Waals surface area contributed by atoms with E-state index in [1.54, 1.807) is 17.1 Å².